The average molecular weight is 431 g/mol. The van der Waals surface area contributed by atoms with Gasteiger partial charge >= 0.3 is 0 Å². The van der Waals surface area contributed by atoms with E-state index in [2.05, 4.69) is 10.2 Å². The Hall–Kier alpha value is -2.52. The monoisotopic (exact) mass is 430 g/mol. The smallest absolute Gasteiger partial charge is 0.267 e. The Morgan fingerprint density at radius 2 is 1.83 bits per heavy atom. The van der Waals surface area contributed by atoms with Crippen molar-refractivity contribution in [1.29, 1.82) is 0 Å². The molecule has 4 rings (SSSR count). The average Bonchev–Trinajstić information content (AvgIpc) is 2.75. The normalized spacial score (nSPS) is 18.2. The highest BCUT2D eigenvalue weighted by atomic mass is 32.2. The molecule has 8 nitrogen and oxygen atoms in total. The molecule has 0 spiro atoms. The lowest BCUT2D eigenvalue weighted by molar-refractivity contribution is -0.122. The van der Waals surface area contributed by atoms with E-state index in [0.717, 1.165) is 30.4 Å². The van der Waals surface area contributed by atoms with Gasteiger partial charge in [0.25, 0.3) is 5.56 Å². The number of benzene rings is 1. The molecule has 2 heterocycles. The highest BCUT2D eigenvalue weighted by molar-refractivity contribution is 7.89. The second-order valence-electron chi connectivity index (χ2n) is 8.13. The maximum Gasteiger partial charge on any atom is 0.267 e. The van der Waals surface area contributed by atoms with Crippen molar-refractivity contribution in [3.8, 4) is 11.3 Å². The van der Waals surface area contributed by atoms with E-state index in [0.29, 0.717) is 36.1 Å². The standard InChI is InChI=1S/C21H26N4O4S/c1-13-6-7-15(19-16-4-2-3-5-17(16)21(27)24-23-19)12-18(13)30(28,29)25-10-8-14(9-11-25)20(22)26/h6-7,12,14H,2-5,8-11H2,1H3,(H2,22,26)(H,24,27). The summed E-state index contributed by atoms with van der Waals surface area (Å²) in [6, 6.07) is 5.28. The van der Waals surface area contributed by atoms with Gasteiger partial charge in [-0.1, -0.05) is 12.1 Å². The van der Waals surface area contributed by atoms with Crippen LogP contribution in [0.5, 0.6) is 0 Å². The number of fused-ring (bicyclic) bond motifs is 1. The molecule has 2 aromatic rings. The predicted molar refractivity (Wildman–Crippen MR) is 112 cm³/mol. The van der Waals surface area contributed by atoms with Gasteiger partial charge in [-0.25, -0.2) is 13.5 Å². The van der Waals surface area contributed by atoms with Gasteiger partial charge in [-0.05, 0) is 62.6 Å². The second kappa shape index (κ2) is 7.96. The van der Waals surface area contributed by atoms with Crippen LogP contribution in [0.2, 0.25) is 0 Å². The zero-order valence-corrected chi connectivity index (χ0v) is 17.8. The Kier molecular flexibility index (Phi) is 5.50. The lowest BCUT2D eigenvalue weighted by Gasteiger charge is -2.30. The van der Waals surface area contributed by atoms with Crippen molar-refractivity contribution < 1.29 is 13.2 Å². The van der Waals surface area contributed by atoms with E-state index < -0.39 is 10.0 Å². The molecule has 1 aliphatic heterocycles. The summed E-state index contributed by atoms with van der Waals surface area (Å²) in [6.45, 7) is 2.31. The number of aromatic amines is 1. The van der Waals surface area contributed by atoms with E-state index in [1.165, 1.54) is 4.31 Å². The number of sulfonamides is 1. The van der Waals surface area contributed by atoms with Gasteiger partial charge < -0.3 is 5.73 Å². The molecule has 3 N–H and O–H groups in total. The number of aryl methyl sites for hydroxylation is 1. The van der Waals surface area contributed by atoms with Gasteiger partial charge in [0.2, 0.25) is 15.9 Å². The second-order valence-corrected chi connectivity index (χ2v) is 10.0. The topological polar surface area (TPSA) is 126 Å². The first-order valence-corrected chi connectivity index (χ1v) is 11.7. The minimum atomic E-state index is -3.72. The number of piperidine rings is 1. The van der Waals surface area contributed by atoms with Crippen molar-refractivity contribution in [2.75, 3.05) is 13.1 Å². The molecule has 1 saturated heterocycles. The van der Waals surface area contributed by atoms with Gasteiger partial charge in [0.05, 0.1) is 10.6 Å². The number of carbonyl (C=O) groups excluding carboxylic acids is 1. The van der Waals surface area contributed by atoms with Crippen molar-refractivity contribution in [2.45, 2.75) is 50.3 Å². The van der Waals surface area contributed by atoms with E-state index in [-0.39, 0.29) is 35.4 Å². The van der Waals surface area contributed by atoms with Crippen LogP contribution in [0.1, 0.15) is 42.4 Å². The van der Waals surface area contributed by atoms with Crippen LogP contribution in [0.3, 0.4) is 0 Å². The summed E-state index contributed by atoms with van der Waals surface area (Å²) in [5.41, 5.74) is 8.85. The Morgan fingerprint density at radius 1 is 1.17 bits per heavy atom. The first-order chi connectivity index (χ1) is 14.3. The van der Waals surface area contributed by atoms with Crippen molar-refractivity contribution in [1.82, 2.24) is 14.5 Å². The number of rotatable bonds is 4. The van der Waals surface area contributed by atoms with Gasteiger partial charge in [-0.3, -0.25) is 9.59 Å². The molecule has 0 saturated carbocycles. The SMILES string of the molecule is Cc1ccc(-c2n[nH]c(=O)c3c2CCCC3)cc1S(=O)(=O)N1CCC(C(N)=O)CC1. The molecule has 1 aliphatic carbocycles. The van der Waals surface area contributed by atoms with Crippen LogP contribution < -0.4 is 11.3 Å². The third kappa shape index (κ3) is 3.67. The molecule has 0 unspecified atom stereocenters. The summed E-state index contributed by atoms with van der Waals surface area (Å²) in [5, 5.41) is 6.83. The zero-order valence-electron chi connectivity index (χ0n) is 17.0. The molecular formula is C21H26N4O4S. The number of primary amides is 1. The molecule has 0 radical (unpaired) electrons. The van der Waals surface area contributed by atoms with E-state index in [1.54, 1.807) is 19.1 Å². The Balaban J connectivity index is 1.71. The van der Waals surface area contributed by atoms with E-state index in [1.807, 2.05) is 6.07 Å². The highest BCUT2D eigenvalue weighted by Crippen LogP contribution is 2.32. The minimum Gasteiger partial charge on any atom is -0.369 e. The molecule has 30 heavy (non-hydrogen) atoms. The Labute approximate surface area is 175 Å². The molecule has 160 valence electrons. The molecular weight excluding hydrogens is 404 g/mol. The van der Waals surface area contributed by atoms with Crippen LogP contribution in [0.15, 0.2) is 27.9 Å². The molecule has 0 bridgehead atoms. The van der Waals surface area contributed by atoms with Crippen LogP contribution in [-0.2, 0) is 27.7 Å². The largest absolute Gasteiger partial charge is 0.369 e. The first kappa shape index (κ1) is 20.7. The van der Waals surface area contributed by atoms with E-state index >= 15 is 0 Å². The number of aromatic nitrogens is 2. The number of hydrogen-bond acceptors (Lipinski definition) is 5. The molecule has 1 aromatic carbocycles. The summed E-state index contributed by atoms with van der Waals surface area (Å²) >= 11 is 0. The number of hydrogen-bond donors (Lipinski definition) is 2. The van der Waals surface area contributed by atoms with Crippen LogP contribution in [-0.4, -0.2) is 41.9 Å². The number of nitrogens with one attached hydrogen (secondary N) is 1. The Bertz CT molecular complexity index is 1150. The number of carbonyl (C=O) groups is 1. The maximum atomic E-state index is 13.3. The molecule has 1 fully saturated rings. The van der Waals surface area contributed by atoms with Gasteiger partial charge in [0, 0.05) is 30.1 Å². The lowest BCUT2D eigenvalue weighted by Crippen LogP contribution is -2.41. The first-order valence-electron chi connectivity index (χ1n) is 10.3. The predicted octanol–water partition coefficient (Wildman–Crippen LogP) is 1.51. The molecule has 9 heteroatoms. The summed E-state index contributed by atoms with van der Waals surface area (Å²) in [5.74, 6) is -0.653. The van der Waals surface area contributed by atoms with Crippen LogP contribution >= 0.6 is 0 Å². The van der Waals surface area contributed by atoms with Gasteiger partial charge in [0.15, 0.2) is 0 Å². The highest BCUT2D eigenvalue weighted by Gasteiger charge is 2.32. The minimum absolute atomic E-state index is 0.161. The van der Waals surface area contributed by atoms with Crippen LogP contribution in [0, 0.1) is 12.8 Å². The summed E-state index contributed by atoms with van der Waals surface area (Å²) in [6.07, 6.45) is 4.29. The lowest BCUT2D eigenvalue weighted by atomic mass is 9.90. The fraction of sp³-hybridized carbons (Fsp3) is 0.476. The molecule has 2 aliphatic rings. The maximum absolute atomic E-state index is 13.3. The van der Waals surface area contributed by atoms with Crippen molar-refractivity contribution in [3.63, 3.8) is 0 Å². The summed E-state index contributed by atoms with van der Waals surface area (Å²) in [4.78, 5) is 23.8. The Morgan fingerprint density at radius 3 is 2.50 bits per heavy atom. The third-order valence-electron chi connectivity index (χ3n) is 6.23. The summed E-state index contributed by atoms with van der Waals surface area (Å²) in [7, 11) is -3.72. The van der Waals surface area contributed by atoms with Gasteiger partial charge in [0.1, 0.15) is 0 Å². The zero-order chi connectivity index (χ0) is 21.5. The quantitative estimate of drug-likeness (QED) is 0.760. The van der Waals surface area contributed by atoms with E-state index in [4.69, 9.17) is 5.73 Å². The molecule has 0 atom stereocenters. The fourth-order valence-electron chi connectivity index (χ4n) is 4.44. The number of H-pyrrole nitrogens is 1. The number of nitrogens with two attached hydrogens (primary N) is 1. The number of nitrogens with zero attached hydrogens (tertiary/aromatic N) is 2. The van der Waals surface area contributed by atoms with Crippen molar-refractivity contribution in [3.05, 3.63) is 45.2 Å². The molecule has 1 amide bonds. The van der Waals surface area contributed by atoms with Crippen LogP contribution in [0.4, 0.5) is 0 Å². The van der Waals surface area contributed by atoms with Crippen molar-refractivity contribution >= 4 is 15.9 Å². The van der Waals surface area contributed by atoms with E-state index in [9.17, 15) is 18.0 Å². The number of amides is 1. The van der Waals surface area contributed by atoms with Gasteiger partial charge in [-0.2, -0.15) is 9.40 Å². The summed E-state index contributed by atoms with van der Waals surface area (Å²) < 4.78 is 28.1. The third-order valence-corrected chi connectivity index (χ3v) is 8.27. The van der Waals surface area contributed by atoms with Gasteiger partial charge in [-0.15, -0.1) is 0 Å². The van der Waals surface area contributed by atoms with Crippen LogP contribution in [0.25, 0.3) is 11.3 Å². The fourth-order valence-corrected chi connectivity index (χ4v) is 6.16. The molecule has 1 aromatic heterocycles. The van der Waals surface area contributed by atoms with Crippen molar-refractivity contribution in [2.24, 2.45) is 11.7 Å².